The molecular formula is C30H24N2O4S. The standard InChI is InChI=1S/C30H24N2O4S/c1-35-22-14-7-18(8-15-22)17-25-28(33)32-27(20-9-11-21(12-10-20)29(34)36-2)24-16-13-19-5-3-4-6-23(19)26(24)31-30(32)37-25/h3-12,14-15,17,27H,13,16H2,1-2H3. The van der Waals surface area contributed by atoms with Gasteiger partial charge < -0.3 is 9.47 Å². The summed E-state index contributed by atoms with van der Waals surface area (Å²) < 4.78 is 12.6. The quantitative estimate of drug-likeness (QED) is 0.389. The number of hydrogen-bond acceptors (Lipinski definition) is 6. The number of benzene rings is 3. The van der Waals surface area contributed by atoms with E-state index in [1.54, 1.807) is 23.8 Å². The fourth-order valence-corrected chi connectivity index (χ4v) is 6.09. The lowest BCUT2D eigenvalue weighted by Crippen LogP contribution is -2.38. The molecule has 0 radical (unpaired) electrons. The molecule has 0 fully saturated rings. The Balaban J connectivity index is 1.56. The van der Waals surface area contributed by atoms with Crippen LogP contribution in [0.3, 0.4) is 0 Å². The summed E-state index contributed by atoms with van der Waals surface area (Å²) in [6.45, 7) is 0. The van der Waals surface area contributed by atoms with E-state index in [-0.39, 0.29) is 17.6 Å². The first kappa shape index (κ1) is 23.2. The molecule has 1 aliphatic heterocycles. The van der Waals surface area contributed by atoms with E-state index in [0.717, 1.165) is 46.6 Å². The molecule has 6 nitrogen and oxygen atoms in total. The smallest absolute Gasteiger partial charge is 0.337 e. The number of rotatable bonds is 4. The van der Waals surface area contributed by atoms with Crippen LogP contribution in [0.15, 0.2) is 88.2 Å². The highest BCUT2D eigenvalue weighted by atomic mass is 32.1. The number of methoxy groups -OCH3 is 2. The molecule has 6 rings (SSSR count). The van der Waals surface area contributed by atoms with E-state index in [4.69, 9.17) is 14.5 Å². The summed E-state index contributed by atoms with van der Waals surface area (Å²) in [5, 5.41) is 0. The number of thiazole rings is 1. The van der Waals surface area contributed by atoms with Gasteiger partial charge in [-0.1, -0.05) is 59.9 Å². The van der Waals surface area contributed by atoms with Gasteiger partial charge in [-0.25, -0.2) is 9.79 Å². The first-order chi connectivity index (χ1) is 18.1. The van der Waals surface area contributed by atoms with Crippen LogP contribution < -0.4 is 19.6 Å². The average molecular weight is 509 g/mol. The summed E-state index contributed by atoms with van der Waals surface area (Å²) >= 11 is 1.40. The molecule has 0 spiro atoms. The molecule has 1 aromatic heterocycles. The largest absolute Gasteiger partial charge is 0.497 e. The highest BCUT2D eigenvalue weighted by molar-refractivity contribution is 7.07. The number of nitrogens with zero attached hydrogens (tertiary/aromatic N) is 2. The maximum atomic E-state index is 13.8. The van der Waals surface area contributed by atoms with Crippen LogP contribution in [0.4, 0.5) is 0 Å². The fraction of sp³-hybridized carbons (Fsp3) is 0.167. The number of carbonyl (C=O) groups excluding carboxylic acids is 1. The third kappa shape index (κ3) is 4.01. The van der Waals surface area contributed by atoms with E-state index in [1.807, 2.05) is 48.5 Å². The summed E-state index contributed by atoms with van der Waals surface area (Å²) in [5.41, 5.74) is 6.70. The Bertz CT molecular complexity index is 1730. The minimum absolute atomic E-state index is 0.0768. The third-order valence-corrected chi connectivity index (χ3v) is 7.92. The number of aromatic nitrogens is 1. The Morgan fingerprint density at radius 1 is 1.00 bits per heavy atom. The summed E-state index contributed by atoms with van der Waals surface area (Å²) in [6.07, 6.45) is 3.59. The van der Waals surface area contributed by atoms with Crippen molar-refractivity contribution in [1.82, 2.24) is 4.57 Å². The zero-order chi connectivity index (χ0) is 25.5. The van der Waals surface area contributed by atoms with Crippen molar-refractivity contribution in [3.05, 3.63) is 126 Å². The number of allylic oxidation sites excluding steroid dienone is 1. The predicted molar refractivity (Wildman–Crippen MR) is 144 cm³/mol. The molecule has 37 heavy (non-hydrogen) atoms. The third-order valence-electron chi connectivity index (χ3n) is 6.93. The molecule has 1 aliphatic carbocycles. The number of aryl methyl sites for hydroxylation is 1. The molecule has 3 aromatic carbocycles. The van der Waals surface area contributed by atoms with Crippen LogP contribution in [-0.2, 0) is 11.2 Å². The van der Waals surface area contributed by atoms with Crippen LogP contribution in [0.5, 0.6) is 5.75 Å². The van der Waals surface area contributed by atoms with Gasteiger partial charge in [0.1, 0.15) is 5.75 Å². The monoisotopic (exact) mass is 508 g/mol. The molecule has 0 saturated heterocycles. The molecule has 7 heteroatoms. The Morgan fingerprint density at radius 3 is 2.49 bits per heavy atom. The first-order valence-corrected chi connectivity index (χ1v) is 12.8. The van der Waals surface area contributed by atoms with Crippen LogP contribution in [-0.4, -0.2) is 24.8 Å². The average Bonchev–Trinajstić information content (AvgIpc) is 3.26. The highest BCUT2D eigenvalue weighted by Crippen LogP contribution is 2.41. The zero-order valence-corrected chi connectivity index (χ0v) is 21.2. The topological polar surface area (TPSA) is 69.9 Å². The number of fused-ring (bicyclic) bond motifs is 3. The molecule has 0 N–H and O–H groups in total. The van der Waals surface area contributed by atoms with E-state index < -0.39 is 0 Å². The van der Waals surface area contributed by atoms with E-state index >= 15 is 0 Å². The van der Waals surface area contributed by atoms with Crippen molar-refractivity contribution >= 4 is 29.1 Å². The van der Waals surface area contributed by atoms with Crippen molar-refractivity contribution in [3.8, 4) is 5.75 Å². The molecular weight excluding hydrogens is 484 g/mol. The van der Waals surface area contributed by atoms with Gasteiger partial charge in [-0.3, -0.25) is 9.36 Å². The minimum atomic E-state index is -0.388. The van der Waals surface area contributed by atoms with Gasteiger partial charge in [-0.15, -0.1) is 0 Å². The number of ether oxygens (including phenoxy) is 2. The summed E-state index contributed by atoms with van der Waals surface area (Å²) in [4.78, 5) is 31.6. The second-order valence-electron chi connectivity index (χ2n) is 9.00. The Morgan fingerprint density at radius 2 is 1.76 bits per heavy atom. The Labute approximate surface area is 217 Å². The van der Waals surface area contributed by atoms with Gasteiger partial charge in [-0.05, 0) is 65.4 Å². The van der Waals surface area contributed by atoms with Crippen LogP contribution in [0.2, 0.25) is 0 Å². The lowest BCUT2D eigenvalue weighted by molar-refractivity contribution is 0.0600. The summed E-state index contributed by atoms with van der Waals surface area (Å²) in [6, 6.07) is 23.0. The van der Waals surface area contributed by atoms with Crippen molar-refractivity contribution < 1.29 is 14.3 Å². The van der Waals surface area contributed by atoms with E-state index in [2.05, 4.69) is 18.2 Å². The molecule has 0 amide bonds. The predicted octanol–water partition coefficient (Wildman–Crippen LogP) is 4.11. The molecule has 4 aromatic rings. The fourth-order valence-electron chi connectivity index (χ4n) is 5.09. The molecule has 0 bridgehead atoms. The van der Waals surface area contributed by atoms with Gasteiger partial charge in [-0.2, -0.15) is 0 Å². The van der Waals surface area contributed by atoms with Gasteiger partial charge in [0.15, 0.2) is 4.80 Å². The van der Waals surface area contributed by atoms with Crippen LogP contribution in [0, 0.1) is 0 Å². The molecule has 184 valence electrons. The van der Waals surface area contributed by atoms with Gasteiger partial charge in [0, 0.05) is 5.56 Å². The van der Waals surface area contributed by atoms with Crippen LogP contribution in [0.1, 0.15) is 45.1 Å². The van der Waals surface area contributed by atoms with Gasteiger partial charge in [0.25, 0.3) is 5.56 Å². The maximum absolute atomic E-state index is 13.8. The number of esters is 1. The molecule has 2 aliphatic rings. The van der Waals surface area contributed by atoms with Crippen LogP contribution in [0.25, 0.3) is 11.8 Å². The Hall–Kier alpha value is -4.23. The summed E-state index contributed by atoms with van der Waals surface area (Å²) in [7, 11) is 3.00. The molecule has 0 saturated carbocycles. The first-order valence-electron chi connectivity index (χ1n) is 12.0. The van der Waals surface area contributed by atoms with E-state index in [0.29, 0.717) is 14.9 Å². The van der Waals surface area contributed by atoms with Gasteiger partial charge in [0.2, 0.25) is 0 Å². The second kappa shape index (κ2) is 9.33. The van der Waals surface area contributed by atoms with Crippen LogP contribution >= 0.6 is 11.3 Å². The van der Waals surface area contributed by atoms with Crippen molar-refractivity contribution in [3.63, 3.8) is 0 Å². The lowest BCUT2D eigenvalue weighted by Gasteiger charge is -2.30. The van der Waals surface area contributed by atoms with Crippen molar-refractivity contribution in [2.45, 2.75) is 18.9 Å². The second-order valence-corrected chi connectivity index (χ2v) is 10.0. The zero-order valence-electron chi connectivity index (χ0n) is 20.4. The highest BCUT2D eigenvalue weighted by Gasteiger charge is 2.32. The van der Waals surface area contributed by atoms with Crippen molar-refractivity contribution in [2.24, 2.45) is 4.99 Å². The molecule has 1 atom stereocenters. The lowest BCUT2D eigenvalue weighted by atomic mass is 9.83. The Kier molecular flexibility index (Phi) is 5.85. The molecule has 2 heterocycles. The van der Waals surface area contributed by atoms with Crippen molar-refractivity contribution in [2.75, 3.05) is 14.2 Å². The van der Waals surface area contributed by atoms with Gasteiger partial charge >= 0.3 is 5.97 Å². The number of carbonyl (C=O) groups is 1. The SMILES string of the molecule is COC(=O)c1ccc(C2C3=C(N=c4sc(=Cc5ccc(OC)cc5)c(=O)n42)c2ccccc2CC3)cc1. The van der Waals surface area contributed by atoms with E-state index in [9.17, 15) is 9.59 Å². The van der Waals surface area contributed by atoms with E-state index in [1.165, 1.54) is 24.0 Å². The molecule has 1 unspecified atom stereocenters. The summed E-state index contributed by atoms with van der Waals surface area (Å²) in [5.74, 6) is 0.377. The minimum Gasteiger partial charge on any atom is -0.497 e. The van der Waals surface area contributed by atoms with Gasteiger partial charge in [0.05, 0.1) is 36.1 Å². The normalized spacial score (nSPS) is 16.4. The maximum Gasteiger partial charge on any atom is 0.337 e. The number of hydrogen-bond donors (Lipinski definition) is 0. The van der Waals surface area contributed by atoms with Crippen molar-refractivity contribution in [1.29, 1.82) is 0 Å².